The van der Waals surface area contributed by atoms with Gasteiger partial charge >= 0.3 is 0 Å². The van der Waals surface area contributed by atoms with Gasteiger partial charge in [-0.3, -0.25) is 0 Å². The van der Waals surface area contributed by atoms with E-state index < -0.39 is 0 Å². The Balaban J connectivity index is 1.73. The van der Waals surface area contributed by atoms with E-state index in [1.807, 2.05) is 0 Å². The minimum atomic E-state index is -0.289. The first kappa shape index (κ1) is 17.2. The van der Waals surface area contributed by atoms with E-state index in [1.165, 1.54) is 51.6 Å². The van der Waals surface area contributed by atoms with Gasteiger partial charge in [0.25, 0.3) is 0 Å². The summed E-state index contributed by atoms with van der Waals surface area (Å²) in [6, 6.07) is 0. The van der Waals surface area contributed by atoms with Crippen molar-refractivity contribution < 1.29 is 14.7 Å². The van der Waals surface area contributed by atoms with Gasteiger partial charge in [-0.05, 0) is 49.9 Å². The number of ether oxygens (including phenoxy) is 1. The molecule has 0 aromatic heterocycles. The molecule has 1 saturated carbocycles. The van der Waals surface area contributed by atoms with Gasteiger partial charge < -0.3 is 14.7 Å². The number of rotatable bonds is 6. The number of aliphatic hydroxyl groups excluding tert-OH is 1. The Morgan fingerprint density at radius 2 is 1.86 bits per heavy atom. The van der Waals surface area contributed by atoms with Gasteiger partial charge in [0.05, 0.1) is 25.8 Å². The van der Waals surface area contributed by atoms with E-state index in [0.717, 1.165) is 12.5 Å². The highest BCUT2D eigenvalue weighted by molar-refractivity contribution is 4.81. The van der Waals surface area contributed by atoms with Crippen LogP contribution in [0.5, 0.6) is 0 Å². The smallest absolute Gasteiger partial charge is 0.126 e. The fourth-order valence-corrected chi connectivity index (χ4v) is 4.19. The zero-order valence-corrected chi connectivity index (χ0v) is 14.3. The number of hydrogen-bond acceptors (Lipinski definition) is 2. The second-order valence-electron chi connectivity index (χ2n) is 7.87. The maximum absolute atomic E-state index is 10.3. The summed E-state index contributed by atoms with van der Waals surface area (Å²) in [4.78, 5) is 1.56. The van der Waals surface area contributed by atoms with Crippen LogP contribution in [0.4, 0.5) is 0 Å². The summed E-state index contributed by atoms with van der Waals surface area (Å²) in [6.45, 7) is 10.8. The second-order valence-corrected chi connectivity index (χ2v) is 7.87. The molecule has 2 fully saturated rings. The zero-order valence-electron chi connectivity index (χ0n) is 14.3. The number of quaternary nitrogens is 1. The average molecular weight is 298 g/mol. The van der Waals surface area contributed by atoms with Crippen molar-refractivity contribution in [3.63, 3.8) is 0 Å². The molecule has 1 heterocycles. The maximum atomic E-state index is 10.3. The largest absolute Gasteiger partial charge is 0.385 e. The van der Waals surface area contributed by atoms with Crippen LogP contribution in [-0.2, 0) is 4.74 Å². The van der Waals surface area contributed by atoms with Crippen LogP contribution in [0.3, 0.4) is 0 Å². The molecular weight excluding hydrogens is 262 g/mol. The quantitative estimate of drug-likeness (QED) is 0.785. The molecule has 124 valence electrons. The van der Waals surface area contributed by atoms with Crippen LogP contribution in [0.2, 0.25) is 0 Å². The van der Waals surface area contributed by atoms with Crippen molar-refractivity contribution in [1.29, 1.82) is 0 Å². The van der Waals surface area contributed by atoms with E-state index in [1.54, 1.807) is 4.90 Å². The monoisotopic (exact) mass is 298 g/mol. The lowest BCUT2D eigenvalue weighted by molar-refractivity contribution is -0.908. The van der Waals surface area contributed by atoms with Crippen LogP contribution in [0, 0.1) is 17.8 Å². The van der Waals surface area contributed by atoms with Crippen molar-refractivity contribution in [3.8, 4) is 0 Å². The second kappa shape index (κ2) is 8.50. The fourth-order valence-electron chi connectivity index (χ4n) is 4.19. The van der Waals surface area contributed by atoms with E-state index in [9.17, 15) is 5.11 Å². The van der Waals surface area contributed by atoms with E-state index in [0.29, 0.717) is 24.5 Å². The Labute approximate surface area is 131 Å². The summed E-state index contributed by atoms with van der Waals surface area (Å²) in [5.74, 6) is 2.14. The fraction of sp³-hybridized carbons (Fsp3) is 1.00. The van der Waals surface area contributed by atoms with E-state index in [-0.39, 0.29) is 6.10 Å². The third-order valence-corrected chi connectivity index (χ3v) is 5.55. The first-order valence-corrected chi connectivity index (χ1v) is 9.19. The molecule has 3 heteroatoms. The number of nitrogens with one attached hydrogen (secondary N) is 1. The van der Waals surface area contributed by atoms with Crippen LogP contribution in [0.25, 0.3) is 0 Å². The molecule has 1 saturated heterocycles. The van der Waals surface area contributed by atoms with Crippen molar-refractivity contribution in [3.05, 3.63) is 0 Å². The normalized spacial score (nSPS) is 33.3. The van der Waals surface area contributed by atoms with Crippen LogP contribution < -0.4 is 4.90 Å². The minimum absolute atomic E-state index is 0.289. The van der Waals surface area contributed by atoms with Gasteiger partial charge in [-0.1, -0.05) is 27.2 Å². The van der Waals surface area contributed by atoms with Crippen molar-refractivity contribution in [1.82, 2.24) is 0 Å². The lowest BCUT2D eigenvalue weighted by atomic mass is 9.75. The molecule has 0 aromatic rings. The van der Waals surface area contributed by atoms with E-state index in [2.05, 4.69) is 20.8 Å². The molecule has 2 aliphatic rings. The van der Waals surface area contributed by atoms with Crippen molar-refractivity contribution in [2.24, 2.45) is 17.8 Å². The van der Waals surface area contributed by atoms with Gasteiger partial charge in [0, 0.05) is 0 Å². The number of aliphatic hydroxyl groups is 1. The van der Waals surface area contributed by atoms with E-state index in [4.69, 9.17) is 4.74 Å². The Kier molecular flexibility index (Phi) is 6.97. The molecule has 1 aliphatic carbocycles. The molecule has 0 spiro atoms. The lowest BCUT2D eigenvalue weighted by Crippen LogP contribution is -3.14. The molecular formula is C18H36NO2+. The molecule has 1 aliphatic heterocycles. The van der Waals surface area contributed by atoms with Gasteiger partial charge in [-0.15, -0.1) is 0 Å². The SMILES string of the molecule is CC(C)[C@@H]1CC[C@H](C)C[C@H]1OC[C@H](O)C[NH+]1CCCCC1. The van der Waals surface area contributed by atoms with Gasteiger partial charge in [-0.25, -0.2) is 0 Å². The van der Waals surface area contributed by atoms with Crippen molar-refractivity contribution >= 4 is 0 Å². The summed E-state index contributed by atoms with van der Waals surface area (Å²) in [5.41, 5.74) is 0. The number of piperidine rings is 1. The maximum Gasteiger partial charge on any atom is 0.126 e. The summed E-state index contributed by atoms with van der Waals surface area (Å²) in [6.07, 6.45) is 7.87. The Morgan fingerprint density at radius 1 is 1.14 bits per heavy atom. The third-order valence-electron chi connectivity index (χ3n) is 5.55. The highest BCUT2D eigenvalue weighted by atomic mass is 16.5. The highest BCUT2D eigenvalue weighted by Crippen LogP contribution is 2.35. The Bertz CT molecular complexity index is 289. The first-order chi connectivity index (χ1) is 10.1. The molecule has 4 atom stereocenters. The Hall–Kier alpha value is -0.120. The molecule has 0 radical (unpaired) electrons. The van der Waals surface area contributed by atoms with Gasteiger partial charge in [-0.2, -0.15) is 0 Å². The zero-order chi connectivity index (χ0) is 15.2. The van der Waals surface area contributed by atoms with Crippen molar-refractivity contribution in [2.45, 2.75) is 71.5 Å². The molecule has 0 aromatic carbocycles. The van der Waals surface area contributed by atoms with Gasteiger partial charge in [0.15, 0.2) is 0 Å². The molecule has 21 heavy (non-hydrogen) atoms. The topological polar surface area (TPSA) is 33.9 Å². The lowest BCUT2D eigenvalue weighted by Gasteiger charge is -2.37. The van der Waals surface area contributed by atoms with Gasteiger partial charge in [0.2, 0.25) is 0 Å². The summed E-state index contributed by atoms with van der Waals surface area (Å²) < 4.78 is 6.17. The molecule has 0 unspecified atom stereocenters. The minimum Gasteiger partial charge on any atom is -0.385 e. The van der Waals surface area contributed by atoms with Crippen LogP contribution in [-0.4, -0.2) is 43.6 Å². The summed E-state index contributed by atoms with van der Waals surface area (Å²) in [7, 11) is 0. The van der Waals surface area contributed by atoms with Crippen LogP contribution in [0.1, 0.15) is 59.3 Å². The number of hydrogen-bond donors (Lipinski definition) is 2. The van der Waals surface area contributed by atoms with Gasteiger partial charge in [0.1, 0.15) is 12.6 Å². The standard InChI is InChI=1S/C18H35NO2/c1-14(2)17-8-7-15(3)11-18(17)21-13-16(20)12-19-9-5-4-6-10-19/h14-18,20H,4-13H2,1-3H3/p+1/t15-,16+,17-,18+/m0/s1. The molecule has 2 rings (SSSR count). The third kappa shape index (κ3) is 5.54. The Morgan fingerprint density at radius 3 is 2.52 bits per heavy atom. The molecule has 0 bridgehead atoms. The predicted molar refractivity (Wildman–Crippen MR) is 86.5 cm³/mol. The summed E-state index contributed by atoms with van der Waals surface area (Å²) >= 11 is 0. The molecule has 0 amide bonds. The first-order valence-electron chi connectivity index (χ1n) is 9.19. The van der Waals surface area contributed by atoms with Crippen LogP contribution in [0.15, 0.2) is 0 Å². The summed E-state index contributed by atoms with van der Waals surface area (Å²) in [5, 5.41) is 10.3. The predicted octanol–water partition coefficient (Wildman–Crippen LogP) is 1.89. The number of likely N-dealkylation sites (tertiary alicyclic amines) is 1. The molecule has 3 nitrogen and oxygen atoms in total. The molecule has 2 N–H and O–H groups in total. The average Bonchev–Trinajstić information content (AvgIpc) is 2.46. The highest BCUT2D eigenvalue weighted by Gasteiger charge is 2.32. The van der Waals surface area contributed by atoms with Crippen molar-refractivity contribution in [2.75, 3.05) is 26.2 Å². The van der Waals surface area contributed by atoms with E-state index >= 15 is 0 Å². The van der Waals surface area contributed by atoms with Crippen LogP contribution >= 0.6 is 0 Å².